The molecule has 9 heterocycles. The van der Waals surface area contributed by atoms with E-state index in [1.807, 2.05) is 48.5 Å². The molecule has 0 spiro atoms. The molecular formula is C64H66N4O20. The van der Waals surface area contributed by atoms with E-state index >= 15 is 0 Å². The predicted octanol–water partition coefficient (Wildman–Crippen LogP) is 1.82. The minimum Gasteiger partial charge on any atom is -0.462 e. The number of aromatic nitrogens is 4. The Hall–Kier alpha value is -7.44. The number of aromatic amines is 2. The van der Waals surface area contributed by atoms with Gasteiger partial charge in [-0.05, 0) is 121 Å². The molecule has 6 aliphatic heterocycles. The third-order valence-corrected chi connectivity index (χ3v) is 16.7. The Morgan fingerprint density at radius 2 is 0.534 bits per heavy atom. The lowest BCUT2D eigenvalue weighted by molar-refractivity contribution is -0.242. The average Bonchev–Trinajstić information content (AvgIpc) is 2.80. The van der Waals surface area contributed by atoms with Crippen molar-refractivity contribution in [3.05, 3.63) is 144 Å². The quantitative estimate of drug-likeness (QED) is 0.0830. The van der Waals surface area contributed by atoms with Gasteiger partial charge in [0.15, 0.2) is 0 Å². The maximum Gasteiger partial charge on any atom is 0.228 e. The smallest absolute Gasteiger partial charge is 0.228 e. The van der Waals surface area contributed by atoms with Crippen LogP contribution in [0.2, 0.25) is 0 Å². The summed E-state index contributed by atoms with van der Waals surface area (Å²) < 4.78 is 47.3. The van der Waals surface area contributed by atoms with Crippen molar-refractivity contribution >= 4 is 22.1 Å². The number of rotatable bonds is 12. The molecule has 13 rings (SSSR count). The molecule has 7 aromatic rings. The first-order valence-corrected chi connectivity index (χ1v) is 29.0. The number of H-pyrrole nitrogens is 2. The Balaban J connectivity index is 1.03. The molecule has 24 heteroatoms. The van der Waals surface area contributed by atoms with Crippen LogP contribution in [0.3, 0.4) is 0 Å². The summed E-state index contributed by atoms with van der Waals surface area (Å²) in [5.41, 5.74) is 10.4. The van der Waals surface area contributed by atoms with Crippen LogP contribution in [0.25, 0.3) is 66.6 Å². The second kappa shape index (κ2) is 24.9. The van der Waals surface area contributed by atoms with Gasteiger partial charge in [-0.25, -0.2) is 0 Å². The molecule has 14 N–H and O–H groups in total. The van der Waals surface area contributed by atoms with Gasteiger partial charge in [-0.3, -0.25) is 9.97 Å². The fourth-order valence-electron chi connectivity index (χ4n) is 12.0. The molecule has 24 nitrogen and oxygen atoms in total. The maximum absolute atomic E-state index is 10.9. The van der Waals surface area contributed by atoms with Crippen molar-refractivity contribution in [2.45, 2.75) is 124 Å². The second-order valence-corrected chi connectivity index (χ2v) is 22.7. The summed E-state index contributed by atoms with van der Waals surface area (Å²) in [6, 6.07) is 36.2. The zero-order valence-corrected chi connectivity index (χ0v) is 47.0. The van der Waals surface area contributed by atoms with Crippen molar-refractivity contribution in [3.8, 4) is 67.5 Å². The number of aliphatic hydroxyl groups is 12. The number of nitrogens with zero attached hydrogens (tertiary/aromatic N) is 2. The normalized spacial score (nSPS) is 30.0. The maximum atomic E-state index is 10.9. The molecule has 462 valence electrons. The van der Waals surface area contributed by atoms with Crippen LogP contribution in [0.15, 0.2) is 121 Å². The first-order chi connectivity index (χ1) is 42.5. The lowest BCUT2D eigenvalue weighted by Gasteiger charge is -2.35. The molecule has 6 aliphatic rings. The highest BCUT2D eigenvalue weighted by Crippen LogP contribution is 2.41. The van der Waals surface area contributed by atoms with Gasteiger partial charge < -0.3 is 109 Å². The first kappa shape index (κ1) is 59.5. The van der Waals surface area contributed by atoms with E-state index in [9.17, 15) is 61.3 Å². The van der Waals surface area contributed by atoms with Crippen LogP contribution in [-0.2, 0) is 44.6 Å². The summed E-state index contributed by atoms with van der Waals surface area (Å²) in [5.74, 6) is 1.11. The van der Waals surface area contributed by atoms with E-state index in [-0.39, 0.29) is 49.4 Å². The fraction of sp³-hybridized carbons (Fsp3) is 0.375. The zero-order chi connectivity index (χ0) is 61.1. The van der Waals surface area contributed by atoms with Gasteiger partial charge >= 0.3 is 0 Å². The highest BCUT2D eigenvalue weighted by Gasteiger charge is 2.43. The molecule has 3 aromatic heterocycles. The fourth-order valence-corrected chi connectivity index (χ4v) is 12.0. The Bertz CT molecular complexity index is 3380. The largest absolute Gasteiger partial charge is 0.462 e. The van der Waals surface area contributed by atoms with Gasteiger partial charge in [0.25, 0.3) is 0 Å². The summed E-state index contributed by atoms with van der Waals surface area (Å²) in [4.78, 5) is 18.4. The van der Waals surface area contributed by atoms with Gasteiger partial charge in [0.2, 0.25) is 25.2 Å². The summed E-state index contributed by atoms with van der Waals surface area (Å²) in [6.45, 7) is -1.09. The molecule has 4 aromatic carbocycles. The van der Waals surface area contributed by atoms with Crippen molar-refractivity contribution in [2.24, 2.45) is 0 Å². The molecule has 0 aliphatic carbocycles. The van der Waals surface area contributed by atoms with Crippen molar-refractivity contribution in [1.82, 2.24) is 19.9 Å². The van der Waals surface area contributed by atoms with Crippen LogP contribution in [-0.4, -0.2) is 206 Å². The number of hydrogen-bond acceptors (Lipinski definition) is 22. The molecule has 0 saturated carbocycles. The van der Waals surface area contributed by atoms with Crippen LogP contribution in [0.4, 0.5) is 0 Å². The lowest BCUT2D eigenvalue weighted by atomic mass is 10.00. The van der Waals surface area contributed by atoms with E-state index in [0.717, 1.165) is 0 Å². The third-order valence-electron chi connectivity index (χ3n) is 16.7. The molecule has 88 heavy (non-hydrogen) atoms. The van der Waals surface area contributed by atoms with Gasteiger partial charge in [0.1, 0.15) is 96.2 Å². The van der Waals surface area contributed by atoms with Gasteiger partial charge in [-0.2, -0.15) is 0 Å². The number of ether oxygens (including phenoxy) is 8. The Kier molecular flexibility index (Phi) is 16.8. The predicted molar refractivity (Wildman–Crippen MR) is 311 cm³/mol. The lowest BCUT2D eigenvalue weighted by Crippen LogP contribution is -2.54. The van der Waals surface area contributed by atoms with Crippen molar-refractivity contribution < 1.29 is 99.2 Å². The Morgan fingerprint density at radius 3 is 0.761 bits per heavy atom. The monoisotopic (exact) mass is 1210 g/mol. The molecule has 4 unspecified atom stereocenters. The molecule has 16 atom stereocenters. The van der Waals surface area contributed by atoms with Crippen LogP contribution >= 0.6 is 0 Å². The van der Waals surface area contributed by atoms with Gasteiger partial charge in [-0.15, -0.1) is 0 Å². The molecule has 0 amide bonds. The topological polar surface area (TPSA) is 374 Å². The van der Waals surface area contributed by atoms with Crippen LogP contribution in [0.5, 0.6) is 23.0 Å². The number of aryl methyl sites for hydroxylation is 4. The molecule has 8 bridgehead atoms. The Morgan fingerprint density at radius 1 is 0.307 bits per heavy atom. The van der Waals surface area contributed by atoms with E-state index in [2.05, 4.69) is 9.97 Å². The molecule has 0 radical (unpaired) electrons. The molecule has 4 saturated heterocycles. The first-order valence-electron chi connectivity index (χ1n) is 29.0. The SMILES string of the molecule is O[C@@H]1[C@H](O)COC(Oc2cccc(-c3c4nc(c(-c5cccc(OC6OC[C@@H](O)[C@@H](O)[C@@H]6O)c5)c5ccc([nH]5)c(-c5cccc(OC6OC[C@@H](O)[C@@H](O)[C@@H]6O)c5)c5nc(c(-c6cccc(OC7OC[C@@H](O)[C@@H](O)[C@@H]7O)c6)c6ccc3[nH]6)CC5)CC4)c2)[C@H]1O. The summed E-state index contributed by atoms with van der Waals surface area (Å²) in [6.07, 6.45) is -21.2. The number of benzene rings is 4. The molecule has 4 fully saturated rings. The van der Waals surface area contributed by atoms with E-state index in [0.29, 0.717) is 115 Å². The van der Waals surface area contributed by atoms with Crippen molar-refractivity contribution in [3.63, 3.8) is 0 Å². The van der Waals surface area contributed by atoms with Gasteiger partial charge in [0.05, 0.1) is 49.2 Å². The van der Waals surface area contributed by atoms with Crippen LogP contribution < -0.4 is 18.9 Å². The minimum atomic E-state index is -1.57. The van der Waals surface area contributed by atoms with E-state index < -0.39 is 98.4 Å². The third kappa shape index (κ3) is 11.7. The number of fused-ring (bicyclic) bond motifs is 8. The highest BCUT2D eigenvalue weighted by molar-refractivity contribution is 5.92. The molecular weight excluding hydrogens is 1140 g/mol. The standard InChI is InChI=1S/C64H66N4O20/c69-45-25-81-61(57(77)53(45)73)85-33-9-1-5-29(21-33)49-37-13-15-39(65-37)50(30-6-2-10-34(22-30)86-62-58(78)54(74)46(70)26-82-62)41-17-19-43(67-41)52(32-8-4-12-36(24-32)88-64-60(80)56(76)48(72)28-84-64)44-20-18-42(68-44)51(40-16-14-38(49)66-40)31-7-3-11-35(23-31)87-63-59(79)55(75)47(71)27-83-63/h1-13,15,18,20-24,45-48,53-65,68-80H,14,16-17,19,25-28H2/t45-,46-,47-,48-,53-,54-,55-,56-,57+,58+,59+,60+,61?,62?,63?,64?/m1/s1. The van der Waals surface area contributed by atoms with Crippen LogP contribution in [0, 0.1) is 0 Å². The number of nitrogens with one attached hydrogen (secondary N) is 2. The van der Waals surface area contributed by atoms with E-state index in [1.54, 1.807) is 72.8 Å². The van der Waals surface area contributed by atoms with Gasteiger partial charge in [0, 0.05) is 44.3 Å². The number of hydrogen-bond donors (Lipinski definition) is 14. The number of aliphatic hydroxyl groups excluding tert-OH is 12. The Labute approximate surface area is 501 Å². The van der Waals surface area contributed by atoms with Crippen molar-refractivity contribution in [1.29, 1.82) is 0 Å². The van der Waals surface area contributed by atoms with Crippen molar-refractivity contribution in [2.75, 3.05) is 26.4 Å². The van der Waals surface area contributed by atoms with Gasteiger partial charge in [-0.1, -0.05) is 48.5 Å². The van der Waals surface area contributed by atoms with E-state index in [4.69, 9.17) is 47.9 Å². The summed E-state index contributed by atoms with van der Waals surface area (Å²) in [7, 11) is 0. The summed E-state index contributed by atoms with van der Waals surface area (Å²) >= 11 is 0. The highest BCUT2D eigenvalue weighted by atomic mass is 16.7. The summed E-state index contributed by atoms with van der Waals surface area (Å²) in [5, 5.41) is 127. The minimum absolute atomic E-state index is 0.273. The second-order valence-electron chi connectivity index (χ2n) is 22.7. The van der Waals surface area contributed by atoms with E-state index in [1.165, 1.54) is 0 Å². The van der Waals surface area contributed by atoms with Crippen LogP contribution in [0.1, 0.15) is 22.8 Å². The zero-order valence-electron chi connectivity index (χ0n) is 47.0. The average molecular weight is 1210 g/mol.